The Balaban J connectivity index is 1.52. The molecule has 152 valence electrons. The van der Waals surface area contributed by atoms with Crippen molar-refractivity contribution in [3.05, 3.63) is 30.2 Å². The molecule has 1 atom stereocenters. The standard InChI is InChI=1S/C21H30N4O3/c1-3-4-5-12-22-21(26)17-7-6-13-25(14-17)15-19-23-20(24-28-19)16-8-10-18(27-2)11-9-16/h8-11,17H,3-7,12-15H2,1-2H3,(H,22,26). The number of piperidine rings is 1. The molecule has 1 aliphatic heterocycles. The summed E-state index contributed by atoms with van der Waals surface area (Å²) >= 11 is 0. The van der Waals surface area contributed by atoms with E-state index in [1.54, 1.807) is 7.11 Å². The topological polar surface area (TPSA) is 80.5 Å². The summed E-state index contributed by atoms with van der Waals surface area (Å²) < 4.78 is 10.6. The fourth-order valence-corrected chi connectivity index (χ4v) is 3.51. The lowest BCUT2D eigenvalue weighted by molar-refractivity contribution is -0.126. The second kappa shape index (κ2) is 10.2. The monoisotopic (exact) mass is 386 g/mol. The summed E-state index contributed by atoms with van der Waals surface area (Å²) in [5.41, 5.74) is 0.888. The average molecular weight is 386 g/mol. The summed E-state index contributed by atoms with van der Waals surface area (Å²) in [6.07, 6.45) is 5.32. The molecule has 0 radical (unpaired) electrons. The third-order valence-corrected chi connectivity index (χ3v) is 5.13. The quantitative estimate of drug-likeness (QED) is 0.666. The number of aromatic nitrogens is 2. The summed E-state index contributed by atoms with van der Waals surface area (Å²) in [5, 5.41) is 7.17. The van der Waals surface area contributed by atoms with Gasteiger partial charge in [0.25, 0.3) is 0 Å². The van der Waals surface area contributed by atoms with Crippen LogP contribution in [0.15, 0.2) is 28.8 Å². The molecule has 1 aromatic carbocycles. The highest BCUT2D eigenvalue weighted by Gasteiger charge is 2.26. The average Bonchev–Trinajstić information content (AvgIpc) is 3.20. The molecule has 7 heteroatoms. The summed E-state index contributed by atoms with van der Waals surface area (Å²) in [6, 6.07) is 7.57. The molecule has 1 saturated heterocycles. The van der Waals surface area contributed by atoms with Crippen molar-refractivity contribution in [1.82, 2.24) is 20.4 Å². The first kappa shape index (κ1) is 20.3. The molecule has 1 unspecified atom stereocenters. The number of likely N-dealkylation sites (tertiary alicyclic amines) is 1. The molecular formula is C21H30N4O3. The zero-order valence-corrected chi connectivity index (χ0v) is 16.8. The molecule has 0 spiro atoms. The van der Waals surface area contributed by atoms with Gasteiger partial charge in [0.05, 0.1) is 19.6 Å². The van der Waals surface area contributed by atoms with Gasteiger partial charge in [0.15, 0.2) is 0 Å². The molecule has 28 heavy (non-hydrogen) atoms. The number of nitrogens with zero attached hydrogens (tertiary/aromatic N) is 3. The summed E-state index contributed by atoms with van der Waals surface area (Å²) in [5.74, 6) is 2.15. The molecule has 7 nitrogen and oxygen atoms in total. The molecule has 3 rings (SSSR count). The normalized spacial score (nSPS) is 17.4. The molecule has 1 N–H and O–H groups in total. The molecule has 0 bridgehead atoms. The van der Waals surface area contributed by atoms with Gasteiger partial charge < -0.3 is 14.6 Å². The highest BCUT2D eigenvalue weighted by Crippen LogP contribution is 2.22. The van der Waals surface area contributed by atoms with E-state index in [0.29, 0.717) is 18.3 Å². The first-order valence-electron chi connectivity index (χ1n) is 10.2. The van der Waals surface area contributed by atoms with Crippen LogP contribution in [-0.4, -0.2) is 47.7 Å². The van der Waals surface area contributed by atoms with Crippen LogP contribution in [0.25, 0.3) is 11.4 Å². The maximum atomic E-state index is 12.4. The number of hydrogen-bond donors (Lipinski definition) is 1. The molecule has 1 aromatic heterocycles. The molecule has 1 fully saturated rings. The van der Waals surface area contributed by atoms with E-state index in [0.717, 1.165) is 63.1 Å². The smallest absolute Gasteiger partial charge is 0.241 e. The van der Waals surface area contributed by atoms with Crippen molar-refractivity contribution in [3.63, 3.8) is 0 Å². The molecule has 2 heterocycles. The maximum absolute atomic E-state index is 12.4. The number of ether oxygens (including phenoxy) is 1. The van der Waals surface area contributed by atoms with Gasteiger partial charge in [0.1, 0.15) is 5.75 Å². The Labute approximate surface area is 166 Å². The van der Waals surface area contributed by atoms with E-state index in [9.17, 15) is 4.79 Å². The highest BCUT2D eigenvalue weighted by molar-refractivity contribution is 5.78. The number of hydrogen-bond acceptors (Lipinski definition) is 6. The number of benzene rings is 1. The molecule has 1 amide bonds. The number of rotatable bonds is 9. The van der Waals surface area contributed by atoms with Gasteiger partial charge >= 0.3 is 0 Å². The maximum Gasteiger partial charge on any atom is 0.241 e. The highest BCUT2D eigenvalue weighted by atomic mass is 16.5. The Morgan fingerprint density at radius 3 is 2.89 bits per heavy atom. The predicted molar refractivity (Wildman–Crippen MR) is 107 cm³/mol. The largest absolute Gasteiger partial charge is 0.497 e. The van der Waals surface area contributed by atoms with Crippen LogP contribution in [0.3, 0.4) is 0 Å². The van der Waals surface area contributed by atoms with Crippen molar-refractivity contribution in [2.24, 2.45) is 5.92 Å². The first-order chi connectivity index (χ1) is 13.7. The Morgan fingerprint density at radius 1 is 1.32 bits per heavy atom. The Morgan fingerprint density at radius 2 is 2.14 bits per heavy atom. The number of carbonyl (C=O) groups excluding carboxylic acids is 1. The minimum absolute atomic E-state index is 0.0411. The Hall–Kier alpha value is -2.41. The van der Waals surface area contributed by atoms with Crippen LogP contribution in [0.1, 0.15) is 44.9 Å². The first-order valence-corrected chi connectivity index (χ1v) is 10.2. The third-order valence-electron chi connectivity index (χ3n) is 5.13. The van der Waals surface area contributed by atoms with Crippen LogP contribution >= 0.6 is 0 Å². The molecule has 1 aliphatic rings. The second-order valence-corrected chi connectivity index (χ2v) is 7.31. The van der Waals surface area contributed by atoms with Gasteiger partial charge in [-0.15, -0.1) is 0 Å². The van der Waals surface area contributed by atoms with E-state index in [-0.39, 0.29) is 11.8 Å². The zero-order chi connectivity index (χ0) is 19.8. The van der Waals surface area contributed by atoms with Gasteiger partial charge in [-0.1, -0.05) is 24.9 Å². The summed E-state index contributed by atoms with van der Waals surface area (Å²) in [4.78, 5) is 19.1. The number of nitrogens with one attached hydrogen (secondary N) is 1. The van der Waals surface area contributed by atoms with E-state index in [1.807, 2.05) is 24.3 Å². The molecular weight excluding hydrogens is 356 g/mol. The second-order valence-electron chi connectivity index (χ2n) is 7.31. The Kier molecular flexibility index (Phi) is 7.42. The van der Waals surface area contributed by atoms with Gasteiger partial charge in [-0.2, -0.15) is 4.98 Å². The predicted octanol–water partition coefficient (Wildman–Crippen LogP) is 3.26. The van der Waals surface area contributed by atoms with Gasteiger partial charge in [-0.05, 0) is 50.1 Å². The van der Waals surface area contributed by atoms with Crippen LogP contribution in [0.2, 0.25) is 0 Å². The van der Waals surface area contributed by atoms with E-state index >= 15 is 0 Å². The van der Waals surface area contributed by atoms with Gasteiger partial charge in [-0.3, -0.25) is 9.69 Å². The SMILES string of the molecule is CCCCCNC(=O)C1CCCN(Cc2nc(-c3ccc(OC)cc3)no2)C1. The van der Waals surface area contributed by atoms with Crippen molar-refractivity contribution in [2.75, 3.05) is 26.7 Å². The van der Waals surface area contributed by atoms with Crippen LogP contribution < -0.4 is 10.1 Å². The van der Waals surface area contributed by atoms with Crippen LogP contribution in [0.5, 0.6) is 5.75 Å². The Bertz CT molecular complexity index is 744. The van der Waals surface area contributed by atoms with Crippen molar-refractivity contribution in [3.8, 4) is 17.1 Å². The van der Waals surface area contributed by atoms with Crippen molar-refractivity contribution in [2.45, 2.75) is 45.6 Å². The molecule has 0 aliphatic carbocycles. The fourth-order valence-electron chi connectivity index (χ4n) is 3.51. The minimum atomic E-state index is 0.0411. The lowest BCUT2D eigenvalue weighted by Gasteiger charge is -2.30. The van der Waals surface area contributed by atoms with E-state index < -0.39 is 0 Å². The zero-order valence-electron chi connectivity index (χ0n) is 16.8. The number of amides is 1. The van der Waals surface area contributed by atoms with Gasteiger partial charge in [0.2, 0.25) is 17.6 Å². The van der Waals surface area contributed by atoms with Gasteiger partial charge in [0, 0.05) is 18.7 Å². The van der Waals surface area contributed by atoms with E-state index in [4.69, 9.17) is 9.26 Å². The van der Waals surface area contributed by atoms with Crippen LogP contribution in [-0.2, 0) is 11.3 Å². The van der Waals surface area contributed by atoms with Crippen LogP contribution in [0.4, 0.5) is 0 Å². The van der Waals surface area contributed by atoms with Gasteiger partial charge in [-0.25, -0.2) is 0 Å². The lowest BCUT2D eigenvalue weighted by atomic mass is 9.97. The fraction of sp³-hybridized carbons (Fsp3) is 0.571. The van der Waals surface area contributed by atoms with Crippen molar-refractivity contribution in [1.29, 1.82) is 0 Å². The van der Waals surface area contributed by atoms with Crippen molar-refractivity contribution < 1.29 is 14.1 Å². The summed E-state index contributed by atoms with van der Waals surface area (Å²) in [7, 11) is 1.64. The van der Waals surface area contributed by atoms with Crippen molar-refractivity contribution >= 4 is 5.91 Å². The summed E-state index contributed by atoms with van der Waals surface area (Å²) in [6.45, 7) is 5.19. The number of unbranched alkanes of at least 4 members (excludes halogenated alkanes) is 2. The minimum Gasteiger partial charge on any atom is -0.497 e. The third kappa shape index (κ3) is 5.55. The molecule has 2 aromatic rings. The molecule has 0 saturated carbocycles. The van der Waals surface area contributed by atoms with Crippen LogP contribution in [0, 0.1) is 5.92 Å². The van der Waals surface area contributed by atoms with E-state index in [1.165, 1.54) is 0 Å². The van der Waals surface area contributed by atoms with E-state index in [2.05, 4.69) is 27.3 Å². The number of methoxy groups -OCH3 is 1. The lowest BCUT2D eigenvalue weighted by Crippen LogP contribution is -2.42. The number of carbonyl (C=O) groups is 1.